The van der Waals surface area contributed by atoms with Gasteiger partial charge in [0.05, 0.1) is 30.5 Å². The maximum Gasteiger partial charge on any atom is 0.339 e. The van der Waals surface area contributed by atoms with Crippen molar-refractivity contribution < 1.29 is 19.4 Å². The van der Waals surface area contributed by atoms with Crippen LogP contribution >= 0.6 is 0 Å². The summed E-state index contributed by atoms with van der Waals surface area (Å²) in [5, 5.41) is 19.3. The summed E-state index contributed by atoms with van der Waals surface area (Å²) in [5.74, 6) is -0.281. The molecule has 0 radical (unpaired) electrons. The number of nitrogens with zero attached hydrogens (tertiary/aromatic N) is 3. The van der Waals surface area contributed by atoms with Crippen LogP contribution in [-0.2, 0) is 16.9 Å². The third kappa shape index (κ3) is 5.70. The first kappa shape index (κ1) is 25.8. The zero-order chi connectivity index (χ0) is 27.4. The number of fused-ring (bicyclic) bond motifs is 1. The third-order valence-electron chi connectivity index (χ3n) is 6.38. The first-order chi connectivity index (χ1) is 18.8. The first-order valence-corrected chi connectivity index (χ1v) is 12.5. The van der Waals surface area contributed by atoms with Gasteiger partial charge in [0.1, 0.15) is 17.0 Å². The Morgan fingerprint density at radius 2 is 1.85 bits per heavy atom. The van der Waals surface area contributed by atoms with Crippen molar-refractivity contribution in [3.63, 3.8) is 0 Å². The zero-order valence-electron chi connectivity index (χ0n) is 21.5. The predicted octanol–water partition coefficient (Wildman–Crippen LogP) is 4.10. The fourth-order valence-electron chi connectivity index (χ4n) is 4.34. The minimum atomic E-state index is -0.753. The number of aromatic nitrogens is 3. The molecule has 3 heterocycles. The van der Waals surface area contributed by atoms with Gasteiger partial charge in [-0.15, -0.1) is 0 Å². The molecule has 198 valence electrons. The molecule has 5 rings (SSSR count). The minimum Gasteiger partial charge on any atom is -0.451 e. The van der Waals surface area contributed by atoms with Gasteiger partial charge in [-0.3, -0.25) is 9.78 Å². The molecule has 1 atom stereocenters. The monoisotopic (exact) mass is 524 g/mol. The fraction of sp³-hybridized carbons (Fsp3) is 0.207. The van der Waals surface area contributed by atoms with Crippen LogP contribution in [0.3, 0.4) is 0 Å². The van der Waals surface area contributed by atoms with Gasteiger partial charge < -0.3 is 25.8 Å². The molecule has 0 fully saturated rings. The Bertz CT molecular complexity index is 1490. The van der Waals surface area contributed by atoms with E-state index in [9.17, 15) is 14.7 Å². The van der Waals surface area contributed by atoms with E-state index in [0.717, 1.165) is 11.1 Å². The maximum atomic E-state index is 13.2. The summed E-state index contributed by atoms with van der Waals surface area (Å²) in [4.78, 5) is 38.5. The molecule has 0 bridgehead atoms. The number of rotatable bonds is 9. The molecule has 1 aliphatic rings. The molecule has 1 aliphatic heterocycles. The molecule has 2 aromatic carbocycles. The van der Waals surface area contributed by atoms with E-state index in [4.69, 9.17) is 4.74 Å². The average molecular weight is 525 g/mol. The number of amides is 1. The Hall–Kier alpha value is -4.83. The summed E-state index contributed by atoms with van der Waals surface area (Å²) in [6, 6.07) is 19.6. The molecule has 1 amide bonds. The van der Waals surface area contributed by atoms with Gasteiger partial charge in [-0.1, -0.05) is 36.4 Å². The number of nitrogens with one attached hydrogen (secondary N) is 3. The number of cyclic esters (lactones) is 1. The smallest absolute Gasteiger partial charge is 0.339 e. The van der Waals surface area contributed by atoms with Crippen LogP contribution in [0.5, 0.6) is 0 Å². The van der Waals surface area contributed by atoms with Gasteiger partial charge in [-0.05, 0) is 49.7 Å². The quantitative estimate of drug-likeness (QED) is 0.238. The number of benzene rings is 2. The maximum absolute atomic E-state index is 13.2. The van der Waals surface area contributed by atoms with Crippen LogP contribution in [0.25, 0.3) is 0 Å². The molecular weight excluding hydrogens is 496 g/mol. The topological polar surface area (TPSA) is 138 Å². The zero-order valence-corrected chi connectivity index (χ0v) is 21.5. The second-order valence-electron chi connectivity index (χ2n) is 9.54. The lowest BCUT2D eigenvalue weighted by Gasteiger charge is -2.20. The predicted molar refractivity (Wildman–Crippen MR) is 145 cm³/mol. The van der Waals surface area contributed by atoms with Crippen molar-refractivity contribution >= 4 is 29.3 Å². The second-order valence-corrected chi connectivity index (χ2v) is 9.54. The van der Waals surface area contributed by atoms with Crippen molar-refractivity contribution in [2.75, 3.05) is 17.2 Å². The third-order valence-corrected chi connectivity index (χ3v) is 6.38. The Kier molecular flexibility index (Phi) is 7.20. The fourth-order valence-corrected chi connectivity index (χ4v) is 4.34. The lowest BCUT2D eigenvalue weighted by molar-refractivity contribution is 0.00953. The van der Waals surface area contributed by atoms with E-state index in [1.165, 1.54) is 6.20 Å². The highest BCUT2D eigenvalue weighted by Gasteiger charge is 2.37. The molecule has 4 aromatic rings. The Morgan fingerprint density at radius 1 is 1.05 bits per heavy atom. The van der Waals surface area contributed by atoms with Crippen molar-refractivity contribution in [1.82, 2.24) is 20.3 Å². The number of anilines is 3. The van der Waals surface area contributed by atoms with Crippen molar-refractivity contribution in [1.29, 1.82) is 0 Å². The number of carbonyl (C=O) groups excluding carboxylic acids is 2. The molecule has 0 saturated heterocycles. The second kappa shape index (κ2) is 10.9. The molecule has 0 saturated carbocycles. The number of pyridine rings is 1. The molecule has 10 heteroatoms. The lowest BCUT2D eigenvalue weighted by atomic mass is 9.95. The van der Waals surface area contributed by atoms with E-state index in [0.29, 0.717) is 16.9 Å². The summed E-state index contributed by atoms with van der Waals surface area (Å²) in [7, 11) is 0. The molecule has 2 aromatic heterocycles. The SMILES string of the molecule is CC1(C)OC(=O)c2ccc(Nc3ncc(C(=O)NCc4ccccn4)c(NC(CO)c4ccccc4)n3)cc21. The standard InChI is InChI=1S/C29H28N6O4/c1-29(2)23-14-19(11-12-21(23)27(38)39-29)33-28-32-16-22(26(37)31-15-20-10-6-7-13-30-20)25(35-28)34-24(17-36)18-8-4-3-5-9-18/h3-14,16,24,36H,15,17H2,1-2H3,(H,31,37)(H2,32,33,34,35). The van der Waals surface area contributed by atoms with E-state index in [2.05, 4.69) is 30.9 Å². The summed E-state index contributed by atoms with van der Waals surface area (Å²) in [6.07, 6.45) is 3.08. The average Bonchev–Trinajstić information content (AvgIpc) is 3.18. The summed E-state index contributed by atoms with van der Waals surface area (Å²) >= 11 is 0. The normalized spacial score (nSPS) is 14.2. The van der Waals surface area contributed by atoms with E-state index >= 15 is 0 Å². The van der Waals surface area contributed by atoms with Crippen LogP contribution in [0.15, 0.2) is 79.1 Å². The van der Waals surface area contributed by atoms with Crippen LogP contribution in [0.1, 0.15) is 57.4 Å². The van der Waals surface area contributed by atoms with Gasteiger partial charge in [0, 0.05) is 23.6 Å². The Labute approximate surface area is 225 Å². The van der Waals surface area contributed by atoms with E-state index < -0.39 is 17.6 Å². The minimum absolute atomic E-state index is 0.208. The summed E-state index contributed by atoms with van der Waals surface area (Å²) in [6.45, 7) is 3.67. The molecule has 0 aliphatic carbocycles. The number of aliphatic hydroxyl groups excluding tert-OH is 1. The highest BCUT2D eigenvalue weighted by molar-refractivity contribution is 5.98. The largest absolute Gasteiger partial charge is 0.451 e. The molecule has 0 spiro atoms. The van der Waals surface area contributed by atoms with Crippen molar-refractivity contribution in [2.24, 2.45) is 0 Å². The molecular formula is C29H28N6O4. The van der Waals surface area contributed by atoms with Crippen LogP contribution in [0.2, 0.25) is 0 Å². The Balaban J connectivity index is 1.44. The van der Waals surface area contributed by atoms with E-state index in [1.54, 1.807) is 24.4 Å². The molecule has 10 nitrogen and oxygen atoms in total. The van der Waals surface area contributed by atoms with Gasteiger partial charge >= 0.3 is 5.97 Å². The van der Waals surface area contributed by atoms with E-state index in [1.807, 2.05) is 62.4 Å². The van der Waals surface area contributed by atoms with Gasteiger partial charge in [0.15, 0.2) is 0 Å². The number of hydrogen-bond donors (Lipinski definition) is 4. The van der Waals surface area contributed by atoms with Crippen LogP contribution < -0.4 is 16.0 Å². The molecule has 4 N–H and O–H groups in total. The van der Waals surface area contributed by atoms with E-state index in [-0.39, 0.29) is 36.5 Å². The van der Waals surface area contributed by atoms with Gasteiger partial charge in [-0.25, -0.2) is 9.78 Å². The number of ether oxygens (including phenoxy) is 1. The number of esters is 1. The highest BCUT2D eigenvalue weighted by Crippen LogP contribution is 2.37. The first-order valence-electron chi connectivity index (χ1n) is 12.5. The van der Waals surface area contributed by atoms with Gasteiger partial charge in [0.25, 0.3) is 5.91 Å². The van der Waals surface area contributed by atoms with Gasteiger partial charge in [0.2, 0.25) is 5.95 Å². The molecule has 1 unspecified atom stereocenters. The number of aliphatic hydroxyl groups is 1. The van der Waals surface area contributed by atoms with Crippen LogP contribution in [-0.4, -0.2) is 38.5 Å². The lowest BCUT2D eigenvalue weighted by Crippen LogP contribution is -2.26. The highest BCUT2D eigenvalue weighted by atomic mass is 16.6. The van der Waals surface area contributed by atoms with Crippen LogP contribution in [0, 0.1) is 0 Å². The van der Waals surface area contributed by atoms with Crippen LogP contribution in [0.4, 0.5) is 17.5 Å². The molecule has 39 heavy (non-hydrogen) atoms. The number of hydrogen-bond acceptors (Lipinski definition) is 9. The summed E-state index contributed by atoms with van der Waals surface area (Å²) in [5.41, 5.74) is 2.92. The summed E-state index contributed by atoms with van der Waals surface area (Å²) < 4.78 is 5.46. The van der Waals surface area contributed by atoms with Gasteiger partial charge in [-0.2, -0.15) is 4.98 Å². The Morgan fingerprint density at radius 3 is 2.59 bits per heavy atom. The van der Waals surface area contributed by atoms with Crippen molar-refractivity contribution in [3.05, 3.63) is 107 Å². The van der Waals surface area contributed by atoms with Crippen molar-refractivity contribution in [2.45, 2.75) is 32.0 Å². The van der Waals surface area contributed by atoms with Crippen molar-refractivity contribution in [3.8, 4) is 0 Å². The number of carbonyl (C=O) groups is 2.